The number of rotatable bonds is 8. The molecule has 4 bridgehead atoms. The first-order chi connectivity index (χ1) is 25.5. The summed E-state index contributed by atoms with van der Waals surface area (Å²) in [6, 6.07) is 16.9. The summed E-state index contributed by atoms with van der Waals surface area (Å²) in [5, 5.41) is 11.1. The van der Waals surface area contributed by atoms with Gasteiger partial charge in [0.05, 0.1) is 35.6 Å². The summed E-state index contributed by atoms with van der Waals surface area (Å²) in [6.07, 6.45) is 0.216. The Morgan fingerprint density at radius 1 is 0.907 bits per heavy atom. The van der Waals surface area contributed by atoms with Gasteiger partial charge < -0.3 is 32.7 Å². The third-order valence-corrected chi connectivity index (χ3v) is 9.37. The van der Waals surface area contributed by atoms with Crippen molar-refractivity contribution >= 4 is 35.2 Å². The number of nitrogens with two attached hydrogens (primary N) is 2. The summed E-state index contributed by atoms with van der Waals surface area (Å²) in [6.45, 7) is 11.5. The second-order valence-electron chi connectivity index (χ2n) is 14.7. The first kappa shape index (κ1) is 39.3. The lowest BCUT2D eigenvalue weighted by Gasteiger charge is -2.23. The molecule has 8 N–H and O–H groups in total. The summed E-state index contributed by atoms with van der Waals surface area (Å²) in [4.78, 5) is 74.8. The smallest absolute Gasteiger partial charge is 0.255 e. The van der Waals surface area contributed by atoms with Gasteiger partial charge in [0.15, 0.2) is 5.82 Å². The standard InChI is InChI=1S/C41H48N8O5/c1-22-15-26-17-30(27-10-7-9-25(16-27)19-33(50)44-21-34(51)47-32(18-26)37(43)52)36(22)49-39(53)31(13-14-42)48-40(54)35-23(2)45-38(46-24(35)3)28-11-8-12-29(20-28)41(4,5)6/h7-12,15-17,20,31-32H,13-14,18-19,21,42H2,1-6H3,(H2,43,52)(H,44,50)(H,47,51)(H,48,54)(H,49,53)/t31-,32?/m0/s1. The van der Waals surface area contributed by atoms with Gasteiger partial charge in [-0.2, -0.15) is 0 Å². The van der Waals surface area contributed by atoms with Crippen LogP contribution in [-0.4, -0.2) is 64.7 Å². The van der Waals surface area contributed by atoms with Crippen LogP contribution in [-0.2, 0) is 37.4 Å². The lowest BCUT2D eigenvalue weighted by atomic mass is 9.86. The first-order valence-electron chi connectivity index (χ1n) is 17.9. The van der Waals surface area contributed by atoms with Crippen molar-refractivity contribution in [3.8, 4) is 22.5 Å². The van der Waals surface area contributed by atoms with E-state index in [1.165, 1.54) is 0 Å². The Bertz CT molecular complexity index is 2100. The molecule has 0 fully saturated rings. The zero-order valence-corrected chi connectivity index (χ0v) is 31.6. The van der Waals surface area contributed by atoms with Crippen molar-refractivity contribution < 1.29 is 24.0 Å². The van der Waals surface area contributed by atoms with Crippen molar-refractivity contribution in [3.63, 3.8) is 0 Å². The third-order valence-electron chi connectivity index (χ3n) is 9.37. The van der Waals surface area contributed by atoms with E-state index in [0.717, 1.165) is 11.1 Å². The number of fused-ring (bicyclic) bond motifs is 5. The Labute approximate surface area is 315 Å². The minimum Gasteiger partial charge on any atom is -0.368 e. The van der Waals surface area contributed by atoms with Crippen LogP contribution < -0.4 is 32.7 Å². The Morgan fingerprint density at radius 3 is 2.26 bits per heavy atom. The van der Waals surface area contributed by atoms with E-state index in [2.05, 4.69) is 64.1 Å². The highest BCUT2D eigenvalue weighted by atomic mass is 16.2. The number of hydrogen-bond acceptors (Lipinski definition) is 8. The van der Waals surface area contributed by atoms with E-state index in [9.17, 15) is 24.0 Å². The summed E-state index contributed by atoms with van der Waals surface area (Å²) in [7, 11) is 0. The highest BCUT2D eigenvalue weighted by Gasteiger charge is 2.27. The van der Waals surface area contributed by atoms with Gasteiger partial charge in [-0.25, -0.2) is 9.97 Å². The number of hydrogen-bond donors (Lipinski definition) is 6. The van der Waals surface area contributed by atoms with Crippen LogP contribution >= 0.6 is 0 Å². The van der Waals surface area contributed by atoms with Gasteiger partial charge in [0.2, 0.25) is 23.6 Å². The van der Waals surface area contributed by atoms with Gasteiger partial charge in [-0.05, 0) is 79.1 Å². The molecule has 3 aromatic carbocycles. The Morgan fingerprint density at radius 2 is 1.59 bits per heavy atom. The summed E-state index contributed by atoms with van der Waals surface area (Å²) < 4.78 is 0. The molecule has 0 radical (unpaired) electrons. The molecular weight excluding hydrogens is 685 g/mol. The average Bonchev–Trinajstić information content (AvgIpc) is 3.10. The third kappa shape index (κ3) is 9.34. The first-order valence-corrected chi connectivity index (χ1v) is 17.9. The minimum atomic E-state index is -1.04. The van der Waals surface area contributed by atoms with Crippen molar-refractivity contribution in [2.24, 2.45) is 11.5 Å². The molecule has 1 unspecified atom stereocenters. The van der Waals surface area contributed by atoms with Crippen LogP contribution in [0.2, 0.25) is 0 Å². The van der Waals surface area contributed by atoms with E-state index >= 15 is 0 Å². The molecule has 1 aromatic heterocycles. The largest absolute Gasteiger partial charge is 0.368 e. The number of nitrogens with zero attached hydrogens (tertiary/aromatic N) is 2. The highest BCUT2D eigenvalue weighted by molar-refractivity contribution is 6.04. The molecule has 0 saturated heterocycles. The summed E-state index contributed by atoms with van der Waals surface area (Å²) in [5.41, 5.74) is 18.5. The highest BCUT2D eigenvalue weighted by Crippen LogP contribution is 2.34. The number of aromatic nitrogens is 2. The topological polar surface area (TPSA) is 211 Å². The number of carbonyl (C=O) groups is 5. The van der Waals surface area contributed by atoms with Crippen molar-refractivity contribution in [2.45, 2.75) is 78.3 Å². The molecule has 5 amide bonds. The van der Waals surface area contributed by atoms with Crippen LogP contribution in [0.25, 0.3) is 22.5 Å². The predicted molar refractivity (Wildman–Crippen MR) is 207 cm³/mol. The molecule has 282 valence electrons. The Balaban J connectivity index is 1.46. The van der Waals surface area contributed by atoms with Gasteiger partial charge in [-0.1, -0.05) is 69.3 Å². The van der Waals surface area contributed by atoms with Crippen molar-refractivity contribution in [1.82, 2.24) is 25.9 Å². The van der Waals surface area contributed by atoms with Crippen LogP contribution in [0, 0.1) is 20.8 Å². The normalized spacial score (nSPS) is 15.3. The van der Waals surface area contributed by atoms with Crippen LogP contribution in [0.5, 0.6) is 0 Å². The fraction of sp³-hybridized carbons (Fsp3) is 0.341. The zero-order valence-electron chi connectivity index (χ0n) is 31.6. The quantitative estimate of drug-likeness (QED) is 0.158. The van der Waals surface area contributed by atoms with Gasteiger partial charge in [-0.3, -0.25) is 24.0 Å². The van der Waals surface area contributed by atoms with Gasteiger partial charge in [0.25, 0.3) is 5.91 Å². The molecule has 4 aromatic rings. The van der Waals surface area contributed by atoms with Crippen molar-refractivity contribution in [2.75, 3.05) is 18.4 Å². The number of anilines is 1. The van der Waals surface area contributed by atoms with E-state index in [1.807, 2.05) is 30.3 Å². The maximum absolute atomic E-state index is 14.0. The molecule has 2 atom stereocenters. The molecule has 13 nitrogen and oxygen atoms in total. The number of aryl methyl sites for hydroxylation is 3. The molecule has 13 heteroatoms. The molecule has 5 rings (SSSR count). The van der Waals surface area contributed by atoms with Gasteiger partial charge in [-0.15, -0.1) is 0 Å². The van der Waals surface area contributed by atoms with E-state index < -0.39 is 35.7 Å². The van der Waals surface area contributed by atoms with Gasteiger partial charge >= 0.3 is 0 Å². The van der Waals surface area contributed by atoms with E-state index in [-0.39, 0.29) is 49.2 Å². The van der Waals surface area contributed by atoms with E-state index in [4.69, 9.17) is 11.5 Å². The number of benzene rings is 3. The Kier molecular flexibility index (Phi) is 11.9. The summed E-state index contributed by atoms with van der Waals surface area (Å²) in [5.74, 6) is -2.17. The second-order valence-corrected chi connectivity index (χ2v) is 14.7. The fourth-order valence-corrected chi connectivity index (χ4v) is 6.53. The Hall–Kier alpha value is -5.95. The van der Waals surface area contributed by atoms with Crippen LogP contribution in [0.15, 0.2) is 60.7 Å². The molecule has 2 heterocycles. The van der Waals surface area contributed by atoms with E-state index in [1.54, 1.807) is 39.0 Å². The number of amides is 5. The molecule has 0 saturated carbocycles. The summed E-state index contributed by atoms with van der Waals surface area (Å²) >= 11 is 0. The monoisotopic (exact) mass is 732 g/mol. The minimum absolute atomic E-state index is 0.00182. The van der Waals surface area contributed by atoms with Crippen LogP contribution in [0.3, 0.4) is 0 Å². The lowest BCUT2D eigenvalue weighted by molar-refractivity contribution is -0.128. The number of carbonyl (C=O) groups excluding carboxylic acids is 5. The molecule has 1 aliphatic heterocycles. The molecule has 0 spiro atoms. The fourth-order valence-electron chi connectivity index (χ4n) is 6.53. The van der Waals surface area contributed by atoms with E-state index in [0.29, 0.717) is 50.7 Å². The number of primary amides is 1. The average molecular weight is 733 g/mol. The van der Waals surface area contributed by atoms with Crippen molar-refractivity contribution in [1.29, 1.82) is 0 Å². The molecule has 54 heavy (non-hydrogen) atoms. The van der Waals surface area contributed by atoms with Gasteiger partial charge in [0.1, 0.15) is 12.1 Å². The van der Waals surface area contributed by atoms with Crippen LogP contribution in [0.1, 0.15) is 71.2 Å². The molecule has 1 aliphatic rings. The second kappa shape index (κ2) is 16.4. The van der Waals surface area contributed by atoms with Gasteiger partial charge in [0, 0.05) is 17.5 Å². The molecule has 0 aliphatic carbocycles. The number of nitrogens with one attached hydrogen (secondary N) is 4. The lowest BCUT2D eigenvalue weighted by Crippen LogP contribution is -2.49. The predicted octanol–water partition coefficient (Wildman–Crippen LogP) is 3.30. The van der Waals surface area contributed by atoms with Crippen LogP contribution in [0.4, 0.5) is 5.69 Å². The maximum Gasteiger partial charge on any atom is 0.255 e. The SMILES string of the molecule is Cc1cc2cc(c1NC(=O)[C@H](CCN)NC(=O)c1c(C)nc(-c3cccc(C(C)(C)C)c3)nc1C)-c1cccc(c1)CC(=O)NCC(=O)NC(C(N)=O)C2. The maximum atomic E-state index is 14.0. The zero-order chi connectivity index (χ0) is 39.3. The van der Waals surface area contributed by atoms with Crippen molar-refractivity contribution in [3.05, 3.63) is 99.9 Å². The molecular formula is C41H48N8O5.